The summed E-state index contributed by atoms with van der Waals surface area (Å²) in [6, 6.07) is 4.96. The van der Waals surface area contributed by atoms with Gasteiger partial charge in [0, 0.05) is 16.4 Å². The molecular formula is C12H16BrClFN. The molecule has 0 N–H and O–H groups in total. The molecule has 0 aliphatic rings. The molecule has 1 nitrogen and oxygen atoms in total. The van der Waals surface area contributed by atoms with E-state index in [0.29, 0.717) is 0 Å². The predicted molar refractivity (Wildman–Crippen MR) is 70.4 cm³/mol. The Morgan fingerprint density at radius 3 is 2.69 bits per heavy atom. The van der Waals surface area contributed by atoms with Crippen LogP contribution >= 0.6 is 27.5 Å². The molecule has 1 aromatic rings. The maximum Gasteiger partial charge on any atom is 0.124 e. The third-order valence-corrected chi connectivity index (χ3v) is 2.96. The van der Waals surface area contributed by atoms with Crippen molar-refractivity contribution in [2.24, 2.45) is 0 Å². The fourth-order valence-corrected chi connectivity index (χ4v) is 2.10. The first-order valence-electron chi connectivity index (χ1n) is 5.25. The number of alkyl halides is 1. The molecule has 1 rings (SSSR count). The molecule has 1 unspecified atom stereocenters. The standard InChI is InChI=1S/C12H16BrClFN/c1-9(14)3-4-16(2)8-10-5-11(13)7-12(15)6-10/h5-7,9H,3-4,8H2,1-2H3. The summed E-state index contributed by atoms with van der Waals surface area (Å²) in [5.74, 6) is -0.205. The zero-order valence-corrected chi connectivity index (χ0v) is 11.9. The van der Waals surface area contributed by atoms with Crippen molar-refractivity contribution in [3.05, 3.63) is 34.1 Å². The second-order valence-electron chi connectivity index (χ2n) is 4.08. The van der Waals surface area contributed by atoms with Gasteiger partial charge in [-0.05, 0) is 50.7 Å². The van der Waals surface area contributed by atoms with E-state index >= 15 is 0 Å². The van der Waals surface area contributed by atoms with Gasteiger partial charge in [0.05, 0.1) is 0 Å². The van der Waals surface area contributed by atoms with E-state index in [1.165, 1.54) is 6.07 Å². The first-order valence-corrected chi connectivity index (χ1v) is 6.48. The minimum Gasteiger partial charge on any atom is -0.302 e. The molecule has 0 bridgehead atoms. The topological polar surface area (TPSA) is 3.24 Å². The van der Waals surface area contributed by atoms with E-state index in [1.807, 2.05) is 20.0 Å². The van der Waals surface area contributed by atoms with Crippen molar-refractivity contribution in [2.45, 2.75) is 25.3 Å². The van der Waals surface area contributed by atoms with Crippen LogP contribution in [0.25, 0.3) is 0 Å². The van der Waals surface area contributed by atoms with Gasteiger partial charge in [-0.2, -0.15) is 0 Å². The van der Waals surface area contributed by atoms with Crippen LogP contribution in [-0.4, -0.2) is 23.9 Å². The van der Waals surface area contributed by atoms with E-state index in [0.717, 1.165) is 29.5 Å². The number of hydrogen-bond donors (Lipinski definition) is 0. The Kier molecular flexibility index (Phi) is 5.73. The van der Waals surface area contributed by atoms with E-state index in [9.17, 15) is 4.39 Å². The first-order chi connectivity index (χ1) is 7.47. The zero-order valence-electron chi connectivity index (χ0n) is 9.51. The van der Waals surface area contributed by atoms with Gasteiger partial charge in [0.15, 0.2) is 0 Å². The van der Waals surface area contributed by atoms with Crippen LogP contribution in [0.2, 0.25) is 0 Å². The van der Waals surface area contributed by atoms with E-state index in [2.05, 4.69) is 20.8 Å². The van der Waals surface area contributed by atoms with Crippen LogP contribution in [-0.2, 0) is 6.54 Å². The van der Waals surface area contributed by atoms with Gasteiger partial charge >= 0.3 is 0 Å². The van der Waals surface area contributed by atoms with Gasteiger partial charge < -0.3 is 4.90 Å². The number of halogens is 3. The normalized spacial score (nSPS) is 13.1. The maximum atomic E-state index is 13.1. The molecule has 0 radical (unpaired) electrons. The molecule has 4 heteroatoms. The predicted octanol–water partition coefficient (Wildman–Crippen LogP) is 4.04. The number of benzene rings is 1. The highest BCUT2D eigenvalue weighted by Gasteiger charge is 2.05. The molecule has 0 aliphatic heterocycles. The quantitative estimate of drug-likeness (QED) is 0.742. The van der Waals surface area contributed by atoms with Crippen LogP contribution in [0, 0.1) is 5.82 Å². The summed E-state index contributed by atoms with van der Waals surface area (Å²) in [5, 5.41) is 0.182. The van der Waals surface area contributed by atoms with Crippen molar-refractivity contribution >= 4 is 27.5 Å². The van der Waals surface area contributed by atoms with Gasteiger partial charge in [-0.15, -0.1) is 11.6 Å². The third kappa shape index (κ3) is 5.28. The van der Waals surface area contributed by atoms with Crippen molar-refractivity contribution in [2.75, 3.05) is 13.6 Å². The van der Waals surface area contributed by atoms with Crippen LogP contribution in [0.15, 0.2) is 22.7 Å². The lowest BCUT2D eigenvalue weighted by Gasteiger charge is -2.17. The Hall–Kier alpha value is -0.120. The molecule has 90 valence electrons. The summed E-state index contributed by atoms with van der Waals surface area (Å²) in [5.41, 5.74) is 0.969. The summed E-state index contributed by atoms with van der Waals surface area (Å²) >= 11 is 9.17. The number of hydrogen-bond acceptors (Lipinski definition) is 1. The number of rotatable bonds is 5. The lowest BCUT2D eigenvalue weighted by molar-refractivity contribution is 0.321. The second-order valence-corrected chi connectivity index (χ2v) is 5.75. The van der Waals surface area contributed by atoms with E-state index < -0.39 is 0 Å². The van der Waals surface area contributed by atoms with Gasteiger partial charge in [-0.25, -0.2) is 4.39 Å². The molecule has 0 heterocycles. The molecule has 0 saturated carbocycles. The highest BCUT2D eigenvalue weighted by molar-refractivity contribution is 9.10. The lowest BCUT2D eigenvalue weighted by atomic mass is 10.2. The van der Waals surface area contributed by atoms with Crippen LogP contribution in [0.4, 0.5) is 4.39 Å². The van der Waals surface area contributed by atoms with Crippen molar-refractivity contribution in [3.8, 4) is 0 Å². The fourth-order valence-electron chi connectivity index (χ4n) is 1.49. The zero-order chi connectivity index (χ0) is 12.1. The number of nitrogens with zero attached hydrogens (tertiary/aromatic N) is 1. The summed E-state index contributed by atoms with van der Waals surface area (Å²) < 4.78 is 13.9. The smallest absolute Gasteiger partial charge is 0.124 e. The van der Waals surface area contributed by atoms with Crippen molar-refractivity contribution < 1.29 is 4.39 Å². The average Bonchev–Trinajstić information content (AvgIpc) is 2.12. The monoisotopic (exact) mass is 307 g/mol. The van der Waals surface area contributed by atoms with Crippen molar-refractivity contribution in [1.29, 1.82) is 0 Å². The molecule has 1 atom stereocenters. The van der Waals surface area contributed by atoms with E-state index in [1.54, 1.807) is 6.07 Å². The maximum absolute atomic E-state index is 13.1. The lowest BCUT2D eigenvalue weighted by Crippen LogP contribution is -2.20. The summed E-state index contributed by atoms with van der Waals surface area (Å²) in [6.07, 6.45) is 0.939. The highest BCUT2D eigenvalue weighted by Crippen LogP contribution is 2.16. The molecule has 0 amide bonds. The summed E-state index contributed by atoms with van der Waals surface area (Å²) in [7, 11) is 2.01. The molecular weight excluding hydrogens is 292 g/mol. The molecule has 0 saturated heterocycles. The van der Waals surface area contributed by atoms with Gasteiger partial charge in [0.25, 0.3) is 0 Å². The van der Waals surface area contributed by atoms with Gasteiger partial charge in [-0.3, -0.25) is 0 Å². The molecule has 0 fully saturated rings. The molecule has 0 spiro atoms. The SMILES string of the molecule is CC(Cl)CCN(C)Cc1cc(F)cc(Br)c1. The van der Waals surface area contributed by atoms with Gasteiger partial charge in [0.2, 0.25) is 0 Å². The molecule has 0 aliphatic carbocycles. The van der Waals surface area contributed by atoms with Gasteiger partial charge in [-0.1, -0.05) is 15.9 Å². The fraction of sp³-hybridized carbons (Fsp3) is 0.500. The van der Waals surface area contributed by atoms with Crippen LogP contribution in [0.3, 0.4) is 0 Å². The Morgan fingerprint density at radius 2 is 2.12 bits per heavy atom. The van der Waals surface area contributed by atoms with Crippen LogP contribution < -0.4 is 0 Å². The molecule has 0 aromatic heterocycles. The van der Waals surface area contributed by atoms with Gasteiger partial charge in [0.1, 0.15) is 5.82 Å². The van der Waals surface area contributed by atoms with E-state index in [4.69, 9.17) is 11.6 Å². The Morgan fingerprint density at radius 1 is 1.44 bits per heavy atom. The van der Waals surface area contributed by atoms with E-state index in [-0.39, 0.29) is 11.2 Å². The largest absolute Gasteiger partial charge is 0.302 e. The first kappa shape index (κ1) is 13.9. The Balaban J connectivity index is 2.52. The van der Waals surface area contributed by atoms with Crippen LogP contribution in [0.5, 0.6) is 0 Å². The molecule has 1 aromatic carbocycles. The van der Waals surface area contributed by atoms with Crippen LogP contribution in [0.1, 0.15) is 18.9 Å². The van der Waals surface area contributed by atoms with Crippen molar-refractivity contribution in [1.82, 2.24) is 4.90 Å². The summed E-state index contributed by atoms with van der Waals surface area (Å²) in [6.45, 7) is 3.63. The Labute approximate surface area is 110 Å². The Bertz CT molecular complexity index is 324. The third-order valence-electron chi connectivity index (χ3n) is 2.28. The molecule has 16 heavy (non-hydrogen) atoms. The second kappa shape index (κ2) is 6.58. The summed E-state index contributed by atoms with van der Waals surface area (Å²) in [4.78, 5) is 2.14. The average molecular weight is 309 g/mol. The minimum atomic E-state index is -0.205. The minimum absolute atomic E-state index is 0.182. The highest BCUT2D eigenvalue weighted by atomic mass is 79.9. The van der Waals surface area contributed by atoms with Crippen molar-refractivity contribution in [3.63, 3.8) is 0 Å².